The van der Waals surface area contributed by atoms with Crippen LogP contribution in [0.5, 0.6) is 0 Å². The van der Waals surface area contributed by atoms with Crippen LogP contribution in [0.2, 0.25) is 0 Å². The fourth-order valence-corrected chi connectivity index (χ4v) is 5.24. The standard InChI is InChI=1S/C19H23ClN2O4S/c1-2-26-19(25)15-13-7-6-12(11-23)16(20)17(13)27-18(15)21-14(24)10-22-8-4-3-5-9-22/h11H,2-10H2,1H3,(H,21,24)/p+1. The number of fused-ring (bicyclic) bond motifs is 1. The molecule has 0 unspecified atom stereocenters. The van der Waals surface area contributed by atoms with Crippen molar-refractivity contribution in [3.05, 3.63) is 21.6 Å². The maximum atomic E-state index is 12.5. The number of rotatable bonds is 6. The molecule has 1 amide bonds. The maximum Gasteiger partial charge on any atom is 0.341 e. The van der Waals surface area contributed by atoms with Crippen molar-refractivity contribution in [3.8, 4) is 0 Å². The van der Waals surface area contributed by atoms with Crippen LogP contribution in [0.25, 0.3) is 5.03 Å². The second-order valence-corrected chi connectivity index (χ2v) is 8.23. The van der Waals surface area contributed by atoms with Crippen LogP contribution >= 0.6 is 22.9 Å². The molecule has 8 heteroatoms. The summed E-state index contributed by atoms with van der Waals surface area (Å²) in [6.07, 6.45) is 5.26. The fourth-order valence-electron chi connectivity index (χ4n) is 3.64. The van der Waals surface area contributed by atoms with Gasteiger partial charge in [0.25, 0.3) is 5.91 Å². The number of aldehydes is 1. The Morgan fingerprint density at radius 3 is 2.67 bits per heavy atom. The quantitative estimate of drug-likeness (QED) is 0.554. The smallest absolute Gasteiger partial charge is 0.341 e. The Bertz CT molecular complexity index is 781. The molecule has 1 saturated heterocycles. The van der Waals surface area contributed by atoms with Gasteiger partial charge >= 0.3 is 5.97 Å². The van der Waals surface area contributed by atoms with Gasteiger partial charge in [0.1, 0.15) is 11.3 Å². The second kappa shape index (κ2) is 8.99. The van der Waals surface area contributed by atoms with Gasteiger partial charge in [-0.1, -0.05) is 11.6 Å². The molecular weight excluding hydrogens is 388 g/mol. The minimum atomic E-state index is -0.463. The van der Waals surface area contributed by atoms with Gasteiger partial charge in [-0.3, -0.25) is 9.59 Å². The molecule has 1 fully saturated rings. The van der Waals surface area contributed by atoms with Crippen LogP contribution in [0, 0.1) is 0 Å². The van der Waals surface area contributed by atoms with Crippen molar-refractivity contribution in [2.45, 2.75) is 39.0 Å². The summed E-state index contributed by atoms with van der Waals surface area (Å²) >= 11 is 7.61. The predicted octanol–water partition coefficient (Wildman–Crippen LogP) is 2.03. The fraction of sp³-hybridized carbons (Fsp3) is 0.526. The molecule has 0 saturated carbocycles. The Labute approximate surface area is 167 Å². The average Bonchev–Trinajstić information content (AvgIpc) is 3.02. The van der Waals surface area contributed by atoms with Crippen LogP contribution in [0.15, 0.2) is 5.57 Å². The highest BCUT2D eigenvalue weighted by Crippen LogP contribution is 2.44. The molecule has 0 aromatic carbocycles. The van der Waals surface area contributed by atoms with Gasteiger partial charge in [0, 0.05) is 5.57 Å². The van der Waals surface area contributed by atoms with E-state index in [2.05, 4.69) is 5.32 Å². The Morgan fingerprint density at radius 1 is 1.26 bits per heavy atom. The van der Waals surface area contributed by atoms with Gasteiger partial charge in [0.05, 0.1) is 35.2 Å². The van der Waals surface area contributed by atoms with Gasteiger partial charge in [-0.15, -0.1) is 11.3 Å². The molecule has 2 heterocycles. The number of thiophene rings is 1. The summed E-state index contributed by atoms with van der Waals surface area (Å²) in [5, 5.41) is 3.72. The Balaban J connectivity index is 1.87. The first kappa shape index (κ1) is 20.0. The van der Waals surface area contributed by atoms with Gasteiger partial charge in [0.2, 0.25) is 0 Å². The van der Waals surface area contributed by atoms with E-state index in [4.69, 9.17) is 16.3 Å². The van der Waals surface area contributed by atoms with E-state index in [1.165, 1.54) is 22.7 Å². The molecule has 2 N–H and O–H groups in total. The number of carbonyl (C=O) groups excluding carboxylic acids is 3. The highest BCUT2D eigenvalue weighted by atomic mass is 35.5. The topological polar surface area (TPSA) is 76.9 Å². The number of quaternary nitrogens is 1. The zero-order chi connectivity index (χ0) is 19.4. The summed E-state index contributed by atoms with van der Waals surface area (Å²) in [5.41, 5.74) is 1.66. The van der Waals surface area contributed by atoms with Crippen LogP contribution in [0.3, 0.4) is 0 Å². The first-order valence-electron chi connectivity index (χ1n) is 9.35. The van der Waals surface area contributed by atoms with Crippen molar-refractivity contribution in [3.63, 3.8) is 0 Å². The van der Waals surface area contributed by atoms with E-state index in [0.29, 0.717) is 45.4 Å². The van der Waals surface area contributed by atoms with Crippen molar-refractivity contribution < 1.29 is 24.0 Å². The summed E-state index contributed by atoms with van der Waals surface area (Å²) in [6, 6.07) is 0. The third kappa shape index (κ3) is 4.42. The molecule has 1 aromatic rings. The highest BCUT2D eigenvalue weighted by Gasteiger charge is 2.31. The molecule has 1 aliphatic carbocycles. The molecule has 3 rings (SSSR count). The lowest BCUT2D eigenvalue weighted by Gasteiger charge is -2.22. The van der Waals surface area contributed by atoms with Gasteiger partial charge in [-0.2, -0.15) is 0 Å². The van der Waals surface area contributed by atoms with Crippen LogP contribution in [0.4, 0.5) is 5.00 Å². The average molecular weight is 412 g/mol. The van der Waals surface area contributed by atoms with Crippen molar-refractivity contribution in [1.82, 2.24) is 0 Å². The van der Waals surface area contributed by atoms with Crippen molar-refractivity contribution in [1.29, 1.82) is 0 Å². The van der Waals surface area contributed by atoms with Crippen LogP contribution in [0.1, 0.15) is 53.4 Å². The second-order valence-electron chi connectivity index (χ2n) is 6.83. The molecule has 0 atom stereocenters. The van der Waals surface area contributed by atoms with E-state index in [0.717, 1.165) is 37.8 Å². The molecule has 0 bridgehead atoms. The van der Waals surface area contributed by atoms with E-state index in [9.17, 15) is 14.4 Å². The third-order valence-electron chi connectivity index (χ3n) is 4.98. The molecule has 27 heavy (non-hydrogen) atoms. The lowest BCUT2D eigenvalue weighted by atomic mass is 9.95. The van der Waals surface area contributed by atoms with E-state index < -0.39 is 5.97 Å². The lowest BCUT2D eigenvalue weighted by Crippen LogP contribution is -3.13. The van der Waals surface area contributed by atoms with Gasteiger partial charge < -0.3 is 15.0 Å². The third-order valence-corrected chi connectivity index (χ3v) is 6.69. The number of esters is 1. The van der Waals surface area contributed by atoms with Crippen molar-refractivity contribution in [2.24, 2.45) is 0 Å². The summed E-state index contributed by atoms with van der Waals surface area (Å²) in [7, 11) is 0. The minimum absolute atomic E-state index is 0.119. The van der Waals surface area contributed by atoms with Gasteiger partial charge in [-0.25, -0.2) is 4.79 Å². The number of nitrogens with one attached hydrogen (secondary N) is 2. The molecule has 0 spiro atoms. The molecule has 2 aliphatic rings. The number of piperidine rings is 1. The number of hydrogen-bond acceptors (Lipinski definition) is 5. The summed E-state index contributed by atoms with van der Waals surface area (Å²) in [6.45, 7) is 4.37. The number of allylic oxidation sites excluding steroid dienone is 1. The predicted molar refractivity (Wildman–Crippen MR) is 105 cm³/mol. The molecular formula is C19H24ClN2O4S+. The molecule has 0 radical (unpaired) electrons. The van der Waals surface area contributed by atoms with E-state index in [1.54, 1.807) is 6.92 Å². The van der Waals surface area contributed by atoms with Crippen molar-refractivity contribution >= 4 is 51.1 Å². The van der Waals surface area contributed by atoms with Crippen LogP contribution in [-0.2, 0) is 20.7 Å². The number of hydrogen-bond donors (Lipinski definition) is 2. The molecule has 146 valence electrons. The number of likely N-dealkylation sites (tertiary alicyclic amines) is 1. The number of carbonyl (C=O) groups is 3. The van der Waals surface area contributed by atoms with E-state index in [-0.39, 0.29) is 12.5 Å². The monoisotopic (exact) mass is 411 g/mol. The lowest BCUT2D eigenvalue weighted by molar-refractivity contribution is -0.896. The molecule has 6 nitrogen and oxygen atoms in total. The number of ether oxygens (including phenoxy) is 1. The number of amides is 1. The van der Waals surface area contributed by atoms with E-state index in [1.807, 2.05) is 0 Å². The summed E-state index contributed by atoms with van der Waals surface area (Å²) in [4.78, 5) is 38.2. The SMILES string of the molecule is CCOC(=O)c1c(NC(=O)C[NH+]2CCCCC2)sc2c1CCC(C=O)=C2Cl. The minimum Gasteiger partial charge on any atom is -0.462 e. The Hall–Kier alpha value is -1.70. The summed E-state index contributed by atoms with van der Waals surface area (Å²) < 4.78 is 5.20. The Kier molecular flexibility index (Phi) is 6.68. The summed E-state index contributed by atoms with van der Waals surface area (Å²) in [5.74, 6) is -0.582. The first-order valence-corrected chi connectivity index (χ1v) is 10.5. The zero-order valence-corrected chi connectivity index (χ0v) is 16.9. The molecule has 1 aromatic heterocycles. The zero-order valence-electron chi connectivity index (χ0n) is 15.4. The highest BCUT2D eigenvalue weighted by molar-refractivity contribution is 7.18. The normalized spacial score (nSPS) is 17.4. The largest absolute Gasteiger partial charge is 0.462 e. The Morgan fingerprint density at radius 2 is 2.00 bits per heavy atom. The van der Waals surface area contributed by atoms with Gasteiger partial charge in [-0.05, 0) is 44.6 Å². The number of halogens is 1. The first-order chi connectivity index (χ1) is 13.0. The molecule has 1 aliphatic heterocycles. The van der Waals surface area contributed by atoms with Crippen molar-refractivity contribution in [2.75, 3.05) is 31.6 Å². The number of anilines is 1. The van der Waals surface area contributed by atoms with Crippen LogP contribution in [-0.4, -0.2) is 44.4 Å². The van der Waals surface area contributed by atoms with E-state index >= 15 is 0 Å². The van der Waals surface area contributed by atoms with Gasteiger partial charge in [0.15, 0.2) is 6.54 Å². The maximum absolute atomic E-state index is 12.5. The van der Waals surface area contributed by atoms with Crippen LogP contribution < -0.4 is 10.2 Å².